The molecule has 0 fully saturated rings. The first-order valence-corrected chi connectivity index (χ1v) is 9.23. The molecule has 0 aliphatic heterocycles. The van der Waals surface area contributed by atoms with Crippen molar-refractivity contribution in [3.05, 3.63) is 35.9 Å². The SMILES string of the molecule is CN(CC(=O)OCc1ccccc1)C(=O)OCOP(=O)(O)OC(C)(C)C. The predicted octanol–water partition coefficient (Wildman–Crippen LogP) is 2.69. The van der Waals surface area contributed by atoms with E-state index in [1.165, 1.54) is 7.05 Å². The van der Waals surface area contributed by atoms with Gasteiger partial charge in [0.05, 0.1) is 5.60 Å². The quantitative estimate of drug-likeness (QED) is 0.410. The maximum atomic E-state index is 11.7. The maximum absolute atomic E-state index is 11.7. The van der Waals surface area contributed by atoms with Crippen LogP contribution in [0, 0.1) is 0 Å². The summed E-state index contributed by atoms with van der Waals surface area (Å²) in [6.07, 6.45) is -0.919. The standard InChI is InChI=1S/C16H24NO8P/c1-16(2,3)25-26(20,21)24-12-23-15(19)17(4)10-14(18)22-11-13-8-6-5-7-9-13/h5-9H,10-12H2,1-4H3,(H,20,21). The topological polar surface area (TPSA) is 112 Å². The van der Waals surface area contributed by atoms with Gasteiger partial charge in [-0.1, -0.05) is 30.3 Å². The van der Waals surface area contributed by atoms with Crippen LogP contribution in [0.1, 0.15) is 26.3 Å². The molecule has 0 aromatic heterocycles. The lowest BCUT2D eigenvalue weighted by Gasteiger charge is -2.22. The summed E-state index contributed by atoms with van der Waals surface area (Å²) in [5, 5.41) is 0. The monoisotopic (exact) mass is 389 g/mol. The highest BCUT2D eigenvalue weighted by atomic mass is 31.2. The molecular formula is C16H24NO8P. The minimum atomic E-state index is -4.36. The van der Waals surface area contributed by atoms with Gasteiger partial charge in [-0.15, -0.1) is 0 Å². The third kappa shape index (κ3) is 9.53. The zero-order valence-electron chi connectivity index (χ0n) is 15.2. The number of carbonyl (C=O) groups is 2. The van der Waals surface area contributed by atoms with E-state index in [1.54, 1.807) is 32.9 Å². The smallest absolute Gasteiger partial charge is 0.459 e. The molecule has 0 aliphatic carbocycles. The van der Waals surface area contributed by atoms with Gasteiger partial charge in [0, 0.05) is 7.05 Å². The molecule has 0 saturated carbocycles. The fourth-order valence-electron chi connectivity index (χ4n) is 1.67. The van der Waals surface area contributed by atoms with E-state index in [0.717, 1.165) is 10.5 Å². The number of phosphoric ester groups is 1. The van der Waals surface area contributed by atoms with Gasteiger partial charge in [0.25, 0.3) is 0 Å². The van der Waals surface area contributed by atoms with Crippen molar-refractivity contribution in [1.29, 1.82) is 0 Å². The zero-order valence-corrected chi connectivity index (χ0v) is 16.1. The van der Waals surface area contributed by atoms with Gasteiger partial charge in [-0.3, -0.25) is 9.32 Å². The minimum Gasteiger partial charge on any atom is -0.459 e. The van der Waals surface area contributed by atoms with Crippen molar-refractivity contribution >= 4 is 19.9 Å². The molecule has 1 aromatic carbocycles. The molecule has 0 heterocycles. The number of hydrogen-bond donors (Lipinski definition) is 1. The van der Waals surface area contributed by atoms with Crippen LogP contribution < -0.4 is 0 Å². The molecule has 1 N–H and O–H groups in total. The van der Waals surface area contributed by atoms with Crippen LogP contribution in [0.4, 0.5) is 4.79 Å². The molecule has 26 heavy (non-hydrogen) atoms. The highest BCUT2D eigenvalue weighted by Crippen LogP contribution is 2.46. The third-order valence-electron chi connectivity index (χ3n) is 2.71. The van der Waals surface area contributed by atoms with Crippen molar-refractivity contribution in [2.75, 3.05) is 20.4 Å². The Hall–Kier alpha value is -1.93. The summed E-state index contributed by atoms with van der Waals surface area (Å²) in [6, 6.07) is 9.08. The van der Waals surface area contributed by atoms with Crippen molar-refractivity contribution in [3.63, 3.8) is 0 Å². The molecule has 1 aromatic rings. The fraction of sp³-hybridized carbons (Fsp3) is 0.500. The van der Waals surface area contributed by atoms with Crippen LogP contribution in [0.5, 0.6) is 0 Å². The molecule has 0 saturated heterocycles. The second-order valence-electron chi connectivity index (χ2n) is 6.33. The maximum Gasteiger partial charge on any atom is 0.475 e. The summed E-state index contributed by atoms with van der Waals surface area (Å²) in [5.41, 5.74) is -0.0924. The van der Waals surface area contributed by atoms with E-state index in [1.807, 2.05) is 18.2 Å². The molecule has 10 heteroatoms. The summed E-state index contributed by atoms with van der Waals surface area (Å²) in [4.78, 5) is 33.8. The predicted molar refractivity (Wildman–Crippen MR) is 92.0 cm³/mol. The summed E-state index contributed by atoms with van der Waals surface area (Å²) in [6.45, 7) is 3.65. The number of esters is 1. The second-order valence-corrected chi connectivity index (χ2v) is 7.71. The number of carbonyl (C=O) groups excluding carboxylic acids is 2. The molecule has 9 nitrogen and oxygen atoms in total. The Balaban J connectivity index is 2.31. The zero-order chi connectivity index (χ0) is 19.8. The van der Waals surface area contributed by atoms with Gasteiger partial charge in [0.15, 0.2) is 0 Å². The van der Waals surface area contributed by atoms with Crippen molar-refractivity contribution in [2.24, 2.45) is 0 Å². The average Bonchev–Trinajstić information content (AvgIpc) is 2.51. The fourth-order valence-corrected chi connectivity index (χ4v) is 2.60. The lowest BCUT2D eigenvalue weighted by molar-refractivity contribution is -0.145. The molecule has 146 valence electrons. The molecule has 0 bridgehead atoms. The first kappa shape index (κ1) is 22.1. The number of hydrogen-bond acceptors (Lipinski definition) is 7. The van der Waals surface area contributed by atoms with Gasteiger partial charge in [0.1, 0.15) is 13.2 Å². The molecule has 1 unspecified atom stereocenters. The number of amides is 1. The Kier molecular flexibility index (Phi) is 8.23. The van der Waals surface area contributed by atoms with E-state index in [2.05, 4.69) is 9.26 Å². The van der Waals surface area contributed by atoms with Gasteiger partial charge in [-0.25, -0.2) is 13.9 Å². The highest BCUT2D eigenvalue weighted by molar-refractivity contribution is 7.47. The van der Waals surface area contributed by atoms with Gasteiger partial charge >= 0.3 is 19.9 Å². The van der Waals surface area contributed by atoms with Gasteiger partial charge in [-0.05, 0) is 26.3 Å². The third-order valence-corrected chi connectivity index (χ3v) is 3.92. The lowest BCUT2D eigenvalue weighted by Crippen LogP contribution is -2.33. The average molecular weight is 389 g/mol. The second kappa shape index (κ2) is 9.68. The van der Waals surface area contributed by atoms with Crippen LogP contribution in [-0.4, -0.2) is 47.8 Å². The van der Waals surface area contributed by atoms with Crippen molar-refractivity contribution in [1.82, 2.24) is 4.90 Å². The molecule has 0 radical (unpaired) electrons. The van der Waals surface area contributed by atoms with Gasteiger partial charge in [0.2, 0.25) is 6.79 Å². The summed E-state index contributed by atoms with van der Waals surface area (Å²) >= 11 is 0. The first-order chi connectivity index (χ1) is 12.0. The number of benzene rings is 1. The van der Waals surface area contributed by atoms with Crippen LogP contribution >= 0.6 is 7.82 Å². The molecule has 0 aliphatic rings. The molecule has 0 spiro atoms. The van der Waals surface area contributed by atoms with Crippen molar-refractivity contribution < 1.29 is 37.6 Å². The minimum absolute atomic E-state index is 0.0868. The molecule has 1 amide bonds. The number of rotatable bonds is 8. The van der Waals surface area contributed by atoms with Crippen LogP contribution in [0.15, 0.2) is 30.3 Å². The van der Waals surface area contributed by atoms with Crippen LogP contribution in [0.3, 0.4) is 0 Å². The van der Waals surface area contributed by atoms with Crippen LogP contribution in [0.25, 0.3) is 0 Å². The number of nitrogens with zero attached hydrogens (tertiary/aromatic N) is 1. The van der Waals surface area contributed by atoms with Crippen LogP contribution in [-0.2, 0) is 34.5 Å². The summed E-state index contributed by atoms with van der Waals surface area (Å²) in [7, 11) is -3.04. The van der Waals surface area contributed by atoms with E-state index in [4.69, 9.17) is 9.26 Å². The largest absolute Gasteiger partial charge is 0.475 e. The number of phosphoric acid groups is 1. The number of ether oxygens (including phenoxy) is 2. The van der Waals surface area contributed by atoms with Crippen molar-refractivity contribution in [2.45, 2.75) is 33.0 Å². The van der Waals surface area contributed by atoms with E-state index in [0.29, 0.717) is 0 Å². The van der Waals surface area contributed by atoms with E-state index >= 15 is 0 Å². The van der Waals surface area contributed by atoms with Gasteiger partial charge in [-0.2, -0.15) is 0 Å². The molecule has 1 atom stereocenters. The Morgan fingerprint density at radius 3 is 2.35 bits per heavy atom. The highest BCUT2D eigenvalue weighted by Gasteiger charge is 2.29. The van der Waals surface area contributed by atoms with Crippen LogP contribution in [0.2, 0.25) is 0 Å². The molecule has 1 rings (SSSR count). The van der Waals surface area contributed by atoms with Gasteiger partial charge < -0.3 is 19.3 Å². The first-order valence-electron chi connectivity index (χ1n) is 7.74. The summed E-state index contributed by atoms with van der Waals surface area (Å²) in [5.74, 6) is -0.627. The molecular weight excluding hydrogens is 365 g/mol. The Morgan fingerprint density at radius 1 is 1.15 bits per heavy atom. The summed E-state index contributed by atoms with van der Waals surface area (Å²) < 4.78 is 30.7. The Morgan fingerprint density at radius 2 is 1.77 bits per heavy atom. The van der Waals surface area contributed by atoms with E-state index in [9.17, 15) is 19.0 Å². The Bertz CT molecular complexity index is 643. The number of likely N-dealkylation sites (N-methyl/N-ethyl adjacent to an activating group) is 1. The lowest BCUT2D eigenvalue weighted by atomic mass is 10.2. The van der Waals surface area contributed by atoms with E-state index < -0.39 is 32.3 Å². The van der Waals surface area contributed by atoms with E-state index in [-0.39, 0.29) is 13.2 Å². The Labute approximate surface area is 152 Å². The van der Waals surface area contributed by atoms with Crippen molar-refractivity contribution in [3.8, 4) is 0 Å². The normalized spacial score (nSPS) is 13.6.